The lowest BCUT2D eigenvalue weighted by Gasteiger charge is -2.22. The molecule has 1 amide bonds. The van der Waals surface area contributed by atoms with Crippen molar-refractivity contribution in [1.29, 1.82) is 0 Å². The van der Waals surface area contributed by atoms with Gasteiger partial charge in [-0.05, 0) is 53.3 Å². The molecule has 0 aliphatic carbocycles. The highest BCUT2D eigenvalue weighted by Gasteiger charge is 2.27. The zero-order chi connectivity index (χ0) is 21.0. The molecule has 7 heteroatoms. The van der Waals surface area contributed by atoms with Gasteiger partial charge in [-0.25, -0.2) is 4.79 Å². The van der Waals surface area contributed by atoms with E-state index in [9.17, 15) is 14.7 Å². The number of aromatic carboxylic acids is 1. The zero-order valence-corrected chi connectivity index (χ0v) is 17.9. The van der Waals surface area contributed by atoms with Crippen LogP contribution >= 0.6 is 11.3 Å². The molecule has 1 saturated heterocycles. The molecule has 0 saturated carbocycles. The van der Waals surface area contributed by atoms with E-state index in [-0.39, 0.29) is 16.9 Å². The SMILES string of the molecule is CC(C)(C)c1csc(NC(=O)c2cccc(NCC3CCOCC3)c2)c1C(=O)O. The van der Waals surface area contributed by atoms with Crippen LogP contribution in [0.25, 0.3) is 0 Å². The summed E-state index contributed by atoms with van der Waals surface area (Å²) in [5, 5.41) is 18.0. The molecule has 1 aromatic heterocycles. The van der Waals surface area contributed by atoms with Crippen molar-refractivity contribution in [2.45, 2.75) is 39.0 Å². The van der Waals surface area contributed by atoms with Crippen molar-refractivity contribution in [2.75, 3.05) is 30.4 Å². The first-order valence-corrected chi connectivity index (χ1v) is 10.7. The molecule has 3 rings (SSSR count). The molecule has 1 aliphatic heterocycles. The van der Waals surface area contributed by atoms with Gasteiger partial charge in [0.2, 0.25) is 0 Å². The lowest BCUT2D eigenvalue weighted by atomic mass is 9.86. The van der Waals surface area contributed by atoms with Crippen LogP contribution in [0.1, 0.15) is 59.9 Å². The van der Waals surface area contributed by atoms with Crippen molar-refractivity contribution >= 4 is 33.9 Å². The molecule has 6 nitrogen and oxygen atoms in total. The smallest absolute Gasteiger partial charge is 0.339 e. The van der Waals surface area contributed by atoms with Crippen LogP contribution < -0.4 is 10.6 Å². The summed E-state index contributed by atoms with van der Waals surface area (Å²) in [7, 11) is 0. The molecule has 0 unspecified atom stereocenters. The number of hydrogen-bond donors (Lipinski definition) is 3. The highest BCUT2D eigenvalue weighted by Crippen LogP contribution is 2.36. The predicted molar refractivity (Wildman–Crippen MR) is 116 cm³/mol. The Balaban J connectivity index is 1.71. The van der Waals surface area contributed by atoms with Gasteiger partial charge in [0.15, 0.2) is 0 Å². The molecule has 2 aromatic rings. The maximum atomic E-state index is 12.8. The maximum absolute atomic E-state index is 12.8. The van der Waals surface area contributed by atoms with Crippen molar-refractivity contribution in [2.24, 2.45) is 5.92 Å². The quantitative estimate of drug-likeness (QED) is 0.627. The van der Waals surface area contributed by atoms with E-state index in [0.717, 1.165) is 43.9 Å². The molecule has 3 N–H and O–H groups in total. The Morgan fingerprint density at radius 2 is 1.97 bits per heavy atom. The second-order valence-corrected chi connectivity index (χ2v) is 9.26. The molecule has 2 heterocycles. The molecule has 0 bridgehead atoms. The average molecular weight is 417 g/mol. The minimum atomic E-state index is -1.03. The van der Waals surface area contributed by atoms with Gasteiger partial charge in [0.05, 0.1) is 5.56 Å². The van der Waals surface area contributed by atoms with E-state index < -0.39 is 5.97 Å². The molecule has 0 spiro atoms. The van der Waals surface area contributed by atoms with Gasteiger partial charge in [-0.15, -0.1) is 11.3 Å². The van der Waals surface area contributed by atoms with Crippen molar-refractivity contribution in [3.8, 4) is 0 Å². The van der Waals surface area contributed by atoms with E-state index in [1.165, 1.54) is 11.3 Å². The van der Waals surface area contributed by atoms with E-state index in [1.807, 2.05) is 38.3 Å². The number of carboxylic acids is 1. The number of thiophene rings is 1. The minimum Gasteiger partial charge on any atom is -0.478 e. The molecule has 1 aliphatic rings. The molecule has 1 aromatic carbocycles. The zero-order valence-electron chi connectivity index (χ0n) is 17.1. The second-order valence-electron chi connectivity index (χ2n) is 8.38. The van der Waals surface area contributed by atoms with Crippen LogP contribution in [-0.2, 0) is 10.2 Å². The van der Waals surface area contributed by atoms with Crippen molar-refractivity contribution < 1.29 is 19.4 Å². The third-order valence-electron chi connectivity index (χ3n) is 5.10. The molecular weight excluding hydrogens is 388 g/mol. The number of ether oxygens (including phenoxy) is 1. The standard InChI is InChI=1S/C22H28N2O4S/c1-22(2,3)17-13-29-20(18(17)21(26)27)24-19(25)15-5-4-6-16(11-15)23-12-14-7-9-28-10-8-14/h4-6,11,13-14,23H,7-10,12H2,1-3H3,(H,24,25)(H,26,27). The molecular formula is C22H28N2O4S. The molecule has 156 valence electrons. The second kappa shape index (κ2) is 8.97. The normalized spacial score (nSPS) is 15.1. The third-order valence-corrected chi connectivity index (χ3v) is 6.00. The van der Waals surface area contributed by atoms with Gasteiger partial charge in [-0.2, -0.15) is 0 Å². The summed E-state index contributed by atoms with van der Waals surface area (Å²) in [5.41, 5.74) is 1.94. The van der Waals surface area contributed by atoms with Crippen molar-refractivity contribution in [1.82, 2.24) is 0 Å². The van der Waals surface area contributed by atoms with Gasteiger partial charge in [0.1, 0.15) is 5.00 Å². The summed E-state index contributed by atoms with van der Waals surface area (Å²) in [6, 6.07) is 7.29. The van der Waals surface area contributed by atoms with Gasteiger partial charge in [-0.3, -0.25) is 4.79 Å². The van der Waals surface area contributed by atoms with Crippen LogP contribution in [0, 0.1) is 5.92 Å². The highest BCUT2D eigenvalue weighted by atomic mass is 32.1. The number of carboxylic acid groups (broad SMARTS) is 1. The Bertz CT molecular complexity index is 879. The van der Waals surface area contributed by atoms with Gasteiger partial charge >= 0.3 is 5.97 Å². The maximum Gasteiger partial charge on any atom is 0.339 e. The van der Waals surface area contributed by atoms with E-state index in [4.69, 9.17) is 4.74 Å². The number of anilines is 2. The van der Waals surface area contributed by atoms with Gasteiger partial charge in [-0.1, -0.05) is 26.8 Å². The van der Waals surface area contributed by atoms with Crippen LogP contribution in [0.3, 0.4) is 0 Å². The molecule has 0 radical (unpaired) electrons. The number of hydrogen-bond acceptors (Lipinski definition) is 5. The highest BCUT2D eigenvalue weighted by molar-refractivity contribution is 7.15. The van der Waals surface area contributed by atoms with Crippen LogP contribution in [-0.4, -0.2) is 36.7 Å². The van der Waals surface area contributed by atoms with E-state index >= 15 is 0 Å². The first kappa shape index (κ1) is 21.3. The fourth-order valence-corrected chi connectivity index (χ4v) is 4.55. The first-order chi connectivity index (χ1) is 13.8. The van der Waals surface area contributed by atoms with E-state index in [2.05, 4.69) is 10.6 Å². The first-order valence-electron chi connectivity index (χ1n) is 9.84. The Kier molecular flexibility index (Phi) is 6.59. The van der Waals surface area contributed by atoms with Crippen LogP contribution in [0.5, 0.6) is 0 Å². The summed E-state index contributed by atoms with van der Waals surface area (Å²) < 4.78 is 5.39. The lowest BCUT2D eigenvalue weighted by molar-refractivity contribution is 0.0694. The fourth-order valence-electron chi connectivity index (χ4n) is 3.37. The number of nitrogens with one attached hydrogen (secondary N) is 2. The fraction of sp³-hybridized carbons (Fsp3) is 0.455. The Hall–Kier alpha value is -2.38. The molecule has 1 fully saturated rings. The van der Waals surface area contributed by atoms with E-state index in [1.54, 1.807) is 12.1 Å². The summed E-state index contributed by atoms with van der Waals surface area (Å²) in [6.45, 7) is 8.33. The average Bonchev–Trinajstić information content (AvgIpc) is 3.12. The number of carbonyl (C=O) groups excluding carboxylic acids is 1. The largest absolute Gasteiger partial charge is 0.478 e. The Morgan fingerprint density at radius 1 is 1.24 bits per heavy atom. The lowest BCUT2D eigenvalue weighted by Crippen LogP contribution is -2.22. The van der Waals surface area contributed by atoms with Crippen LogP contribution in [0.2, 0.25) is 0 Å². The van der Waals surface area contributed by atoms with Crippen molar-refractivity contribution in [3.05, 3.63) is 46.3 Å². The third kappa shape index (κ3) is 5.36. The predicted octanol–water partition coefficient (Wildman–Crippen LogP) is 4.83. The summed E-state index contributed by atoms with van der Waals surface area (Å²) in [5.74, 6) is -0.774. The summed E-state index contributed by atoms with van der Waals surface area (Å²) in [6.07, 6.45) is 2.08. The Labute approximate surface area is 175 Å². The molecule has 29 heavy (non-hydrogen) atoms. The number of carbonyl (C=O) groups is 2. The van der Waals surface area contributed by atoms with Gasteiger partial charge < -0.3 is 20.5 Å². The van der Waals surface area contributed by atoms with Crippen molar-refractivity contribution in [3.63, 3.8) is 0 Å². The monoisotopic (exact) mass is 416 g/mol. The van der Waals surface area contributed by atoms with Crippen LogP contribution in [0.4, 0.5) is 10.7 Å². The number of rotatable bonds is 6. The van der Waals surface area contributed by atoms with E-state index in [0.29, 0.717) is 16.5 Å². The molecule has 0 atom stereocenters. The number of amides is 1. The summed E-state index contributed by atoms with van der Waals surface area (Å²) in [4.78, 5) is 24.6. The minimum absolute atomic E-state index is 0.171. The van der Waals surface area contributed by atoms with Crippen LogP contribution in [0.15, 0.2) is 29.6 Å². The number of benzene rings is 1. The van der Waals surface area contributed by atoms with Gasteiger partial charge in [0.25, 0.3) is 5.91 Å². The Morgan fingerprint density at radius 3 is 2.62 bits per heavy atom. The summed E-state index contributed by atoms with van der Waals surface area (Å²) >= 11 is 1.25. The topological polar surface area (TPSA) is 87.7 Å². The van der Waals surface area contributed by atoms with Gasteiger partial charge in [0, 0.05) is 31.0 Å².